The standard InChI is InChI=1S/C23H25N3O4S/c27-23(19-3-7-21(8-4-19)31(28,29)25-11-13-30-14-12-25)26(20-5-6-20)16-17-1-2-18-9-10-24-22(18)15-17/h1-4,7-10,15,20,24H,5-6,11-14,16H2. The molecular formula is C23H25N3O4S. The molecule has 0 unspecified atom stereocenters. The number of aromatic nitrogens is 1. The number of benzene rings is 2. The molecule has 8 heteroatoms. The van der Waals surface area contributed by atoms with E-state index in [2.05, 4.69) is 23.2 Å². The first-order valence-electron chi connectivity index (χ1n) is 10.6. The van der Waals surface area contributed by atoms with Crippen molar-refractivity contribution in [3.63, 3.8) is 0 Å². The van der Waals surface area contributed by atoms with Crippen LogP contribution in [0.3, 0.4) is 0 Å². The molecular weight excluding hydrogens is 414 g/mol. The number of ether oxygens (including phenoxy) is 1. The molecule has 1 aliphatic heterocycles. The van der Waals surface area contributed by atoms with E-state index in [0.29, 0.717) is 38.4 Å². The third-order valence-corrected chi connectivity index (χ3v) is 7.84. The number of hydrogen-bond donors (Lipinski definition) is 1. The number of rotatable bonds is 6. The fourth-order valence-corrected chi connectivity index (χ4v) is 5.42. The highest BCUT2D eigenvalue weighted by Crippen LogP contribution is 2.30. The average Bonchev–Trinajstić information content (AvgIpc) is 3.54. The molecule has 1 aliphatic carbocycles. The maximum Gasteiger partial charge on any atom is 0.254 e. The van der Waals surface area contributed by atoms with E-state index in [1.807, 2.05) is 17.2 Å². The Hall–Kier alpha value is -2.68. The zero-order valence-corrected chi connectivity index (χ0v) is 18.0. The Bertz CT molecular complexity index is 1190. The molecule has 1 saturated carbocycles. The van der Waals surface area contributed by atoms with Gasteiger partial charge in [-0.3, -0.25) is 4.79 Å². The lowest BCUT2D eigenvalue weighted by atomic mass is 10.1. The largest absolute Gasteiger partial charge is 0.379 e. The minimum absolute atomic E-state index is 0.0654. The Balaban J connectivity index is 1.35. The molecule has 5 rings (SSSR count). The molecule has 0 atom stereocenters. The van der Waals surface area contributed by atoms with Crippen molar-refractivity contribution < 1.29 is 17.9 Å². The van der Waals surface area contributed by atoms with Gasteiger partial charge in [0.05, 0.1) is 18.1 Å². The molecule has 2 aromatic carbocycles. The van der Waals surface area contributed by atoms with Crippen LogP contribution in [0.1, 0.15) is 28.8 Å². The Morgan fingerprint density at radius 2 is 1.81 bits per heavy atom. The van der Waals surface area contributed by atoms with Crippen LogP contribution in [0.15, 0.2) is 59.6 Å². The van der Waals surface area contributed by atoms with Gasteiger partial charge in [-0.2, -0.15) is 4.31 Å². The van der Waals surface area contributed by atoms with E-state index < -0.39 is 10.0 Å². The van der Waals surface area contributed by atoms with E-state index in [0.717, 1.165) is 29.3 Å². The van der Waals surface area contributed by atoms with Crippen LogP contribution >= 0.6 is 0 Å². The lowest BCUT2D eigenvalue weighted by Gasteiger charge is -2.26. The van der Waals surface area contributed by atoms with Gasteiger partial charge in [0.2, 0.25) is 10.0 Å². The number of hydrogen-bond acceptors (Lipinski definition) is 4. The molecule has 2 aliphatic rings. The highest BCUT2D eigenvalue weighted by Gasteiger charge is 2.33. The molecule has 0 spiro atoms. The van der Waals surface area contributed by atoms with E-state index in [1.165, 1.54) is 16.4 Å². The van der Waals surface area contributed by atoms with Crippen LogP contribution in [0, 0.1) is 0 Å². The second kappa shape index (κ2) is 8.11. The Kier molecular flexibility index (Phi) is 5.29. The van der Waals surface area contributed by atoms with Crippen molar-refractivity contribution in [2.24, 2.45) is 0 Å². The molecule has 0 radical (unpaired) electrons. The molecule has 7 nitrogen and oxygen atoms in total. The Morgan fingerprint density at radius 3 is 2.52 bits per heavy atom. The normalized spacial score (nSPS) is 17.7. The zero-order valence-electron chi connectivity index (χ0n) is 17.2. The van der Waals surface area contributed by atoms with E-state index >= 15 is 0 Å². The monoisotopic (exact) mass is 439 g/mol. The molecule has 1 N–H and O–H groups in total. The van der Waals surface area contributed by atoms with E-state index in [1.54, 1.807) is 12.1 Å². The second-order valence-electron chi connectivity index (χ2n) is 8.10. The molecule has 31 heavy (non-hydrogen) atoms. The predicted molar refractivity (Wildman–Crippen MR) is 117 cm³/mol. The number of carbonyl (C=O) groups excluding carboxylic acids is 1. The van der Waals surface area contributed by atoms with E-state index in [-0.39, 0.29) is 16.8 Å². The van der Waals surface area contributed by atoms with Crippen molar-refractivity contribution in [1.82, 2.24) is 14.2 Å². The molecule has 3 aromatic rings. The van der Waals surface area contributed by atoms with Gasteiger partial charge >= 0.3 is 0 Å². The van der Waals surface area contributed by atoms with Crippen LogP contribution in [0.2, 0.25) is 0 Å². The minimum Gasteiger partial charge on any atom is -0.379 e. The molecule has 1 amide bonds. The molecule has 0 bridgehead atoms. The van der Waals surface area contributed by atoms with Crippen LogP contribution in [-0.4, -0.2) is 60.9 Å². The van der Waals surface area contributed by atoms with Crippen molar-refractivity contribution >= 4 is 26.8 Å². The average molecular weight is 440 g/mol. The van der Waals surface area contributed by atoms with Gasteiger partial charge in [0.1, 0.15) is 0 Å². The lowest BCUT2D eigenvalue weighted by Crippen LogP contribution is -2.40. The lowest BCUT2D eigenvalue weighted by molar-refractivity contribution is 0.0729. The van der Waals surface area contributed by atoms with Crippen LogP contribution in [0.5, 0.6) is 0 Å². The highest BCUT2D eigenvalue weighted by atomic mass is 32.2. The minimum atomic E-state index is -3.57. The van der Waals surface area contributed by atoms with Gasteiger partial charge in [-0.05, 0) is 60.2 Å². The maximum absolute atomic E-state index is 13.2. The van der Waals surface area contributed by atoms with Crippen LogP contribution in [0.4, 0.5) is 0 Å². The summed E-state index contributed by atoms with van der Waals surface area (Å²) < 4.78 is 32.3. The number of nitrogens with one attached hydrogen (secondary N) is 1. The van der Waals surface area contributed by atoms with Crippen LogP contribution < -0.4 is 0 Å². The number of nitrogens with zero attached hydrogens (tertiary/aromatic N) is 2. The Morgan fingerprint density at radius 1 is 1.06 bits per heavy atom. The van der Waals surface area contributed by atoms with Gasteiger partial charge in [0.15, 0.2) is 0 Å². The van der Waals surface area contributed by atoms with E-state index in [4.69, 9.17) is 4.74 Å². The number of morpholine rings is 1. The molecule has 162 valence electrons. The number of fused-ring (bicyclic) bond motifs is 1. The Labute approximate surface area is 181 Å². The topological polar surface area (TPSA) is 82.7 Å². The summed E-state index contributed by atoms with van der Waals surface area (Å²) in [5, 5.41) is 1.14. The fraction of sp³-hybridized carbons (Fsp3) is 0.348. The zero-order chi connectivity index (χ0) is 21.4. The first-order valence-corrected chi connectivity index (χ1v) is 12.0. The first-order chi connectivity index (χ1) is 15.0. The summed E-state index contributed by atoms with van der Waals surface area (Å²) in [6, 6.07) is 14.8. The quantitative estimate of drug-likeness (QED) is 0.640. The third kappa shape index (κ3) is 4.11. The van der Waals surface area contributed by atoms with Crippen molar-refractivity contribution in [3.05, 3.63) is 65.9 Å². The highest BCUT2D eigenvalue weighted by molar-refractivity contribution is 7.89. The van der Waals surface area contributed by atoms with Crippen LogP contribution in [-0.2, 0) is 21.3 Å². The van der Waals surface area contributed by atoms with Crippen molar-refractivity contribution in [3.8, 4) is 0 Å². The second-order valence-corrected chi connectivity index (χ2v) is 10.0. The van der Waals surface area contributed by atoms with Crippen molar-refractivity contribution in [2.75, 3.05) is 26.3 Å². The number of sulfonamides is 1. The third-order valence-electron chi connectivity index (χ3n) is 5.93. The van der Waals surface area contributed by atoms with Crippen molar-refractivity contribution in [2.45, 2.75) is 30.3 Å². The van der Waals surface area contributed by atoms with Gasteiger partial charge in [-0.25, -0.2) is 8.42 Å². The first kappa shape index (κ1) is 20.2. The van der Waals surface area contributed by atoms with Gasteiger partial charge in [0, 0.05) is 43.0 Å². The number of aromatic amines is 1. The molecule has 2 heterocycles. The van der Waals surface area contributed by atoms with Gasteiger partial charge < -0.3 is 14.6 Å². The summed E-state index contributed by atoms with van der Waals surface area (Å²) in [6.45, 7) is 2.04. The molecule has 2 fully saturated rings. The van der Waals surface area contributed by atoms with E-state index in [9.17, 15) is 13.2 Å². The maximum atomic E-state index is 13.2. The smallest absolute Gasteiger partial charge is 0.254 e. The SMILES string of the molecule is O=C(c1ccc(S(=O)(=O)N2CCOCC2)cc1)N(Cc1ccc2cc[nH]c2c1)C1CC1. The predicted octanol–water partition coefficient (Wildman–Crippen LogP) is 2.99. The summed E-state index contributed by atoms with van der Waals surface area (Å²) in [5.41, 5.74) is 2.63. The molecule has 1 saturated heterocycles. The number of carbonyl (C=O) groups is 1. The van der Waals surface area contributed by atoms with Crippen molar-refractivity contribution in [1.29, 1.82) is 0 Å². The summed E-state index contributed by atoms with van der Waals surface area (Å²) in [5.74, 6) is -0.0654. The summed E-state index contributed by atoms with van der Waals surface area (Å²) >= 11 is 0. The van der Waals surface area contributed by atoms with Gasteiger partial charge in [-0.15, -0.1) is 0 Å². The summed E-state index contributed by atoms with van der Waals surface area (Å²) in [7, 11) is -3.57. The summed E-state index contributed by atoms with van der Waals surface area (Å²) in [6.07, 6.45) is 3.91. The van der Waals surface area contributed by atoms with Gasteiger partial charge in [0.25, 0.3) is 5.91 Å². The molecule has 1 aromatic heterocycles. The number of H-pyrrole nitrogens is 1. The summed E-state index contributed by atoms with van der Waals surface area (Å²) in [4.78, 5) is 18.6. The van der Waals surface area contributed by atoms with Gasteiger partial charge in [-0.1, -0.05) is 12.1 Å². The number of amides is 1. The fourth-order valence-electron chi connectivity index (χ4n) is 4.01. The van der Waals surface area contributed by atoms with Crippen LogP contribution in [0.25, 0.3) is 10.9 Å².